The summed E-state index contributed by atoms with van der Waals surface area (Å²) in [5.41, 5.74) is 0. The average Bonchev–Trinajstić information content (AvgIpc) is 2.37. The Balaban J connectivity index is 2.32. The van der Waals surface area contributed by atoms with Crippen LogP contribution in [0.15, 0.2) is 12.4 Å². The monoisotopic (exact) mass is 266 g/mol. The first-order valence-corrected chi connectivity index (χ1v) is 4.58. The lowest BCUT2D eigenvalue weighted by atomic mass is 10.4. The van der Waals surface area contributed by atoms with Crippen LogP contribution in [0.1, 0.15) is 6.42 Å². The smallest absolute Gasteiger partial charge is 0.171 e. The van der Waals surface area contributed by atoms with Gasteiger partial charge in [-0.2, -0.15) is 0 Å². The highest BCUT2D eigenvalue weighted by molar-refractivity contribution is 14.1. The molecule has 0 aliphatic heterocycles. The summed E-state index contributed by atoms with van der Waals surface area (Å²) in [6.07, 6.45) is 4.84. The molecule has 0 saturated carbocycles. The van der Waals surface area contributed by atoms with E-state index < -0.39 is 0 Å². The Morgan fingerprint density at radius 3 is 3.09 bits per heavy atom. The van der Waals surface area contributed by atoms with E-state index in [4.69, 9.17) is 4.74 Å². The number of nitrogens with zero attached hydrogens (tertiary/aromatic N) is 2. The van der Waals surface area contributed by atoms with Crippen molar-refractivity contribution in [1.82, 2.24) is 9.55 Å². The summed E-state index contributed by atoms with van der Waals surface area (Å²) in [7, 11) is 1.72. The number of halogens is 1. The molecule has 4 heteroatoms. The second kappa shape index (κ2) is 4.71. The van der Waals surface area contributed by atoms with E-state index >= 15 is 0 Å². The summed E-state index contributed by atoms with van der Waals surface area (Å²) in [5, 5.41) is 0. The lowest BCUT2D eigenvalue weighted by Crippen LogP contribution is -2.01. The molecule has 0 atom stereocenters. The highest BCUT2D eigenvalue weighted by Gasteiger charge is 1.95. The first-order chi connectivity index (χ1) is 5.34. The van der Waals surface area contributed by atoms with Crippen LogP contribution >= 0.6 is 22.6 Å². The molecule has 1 aromatic heterocycles. The third-order valence-electron chi connectivity index (χ3n) is 1.41. The zero-order valence-corrected chi connectivity index (χ0v) is 8.61. The molecule has 11 heavy (non-hydrogen) atoms. The van der Waals surface area contributed by atoms with Crippen molar-refractivity contribution in [3.63, 3.8) is 0 Å². The Bertz CT molecular complexity index is 212. The van der Waals surface area contributed by atoms with Gasteiger partial charge in [0.2, 0.25) is 0 Å². The SMILES string of the molecule is COCCCn1ccnc1I. The van der Waals surface area contributed by atoms with Crippen molar-refractivity contribution in [3.8, 4) is 0 Å². The highest BCUT2D eigenvalue weighted by atomic mass is 127. The molecule has 0 radical (unpaired) electrons. The van der Waals surface area contributed by atoms with E-state index in [1.165, 1.54) is 0 Å². The predicted octanol–water partition coefficient (Wildman–Crippen LogP) is 1.52. The Labute approximate surface area is 79.9 Å². The summed E-state index contributed by atoms with van der Waals surface area (Å²) in [5.74, 6) is 0. The summed E-state index contributed by atoms with van der Waals surface area (Å²) in [6.45, 7) is 1.81. The summed E-state index contributed by atoms with van der Waals surface area (Å²) < 4.78 is 8.09. The first kappa shape index (κ1) is 8.99. The van der Waals surface area contributed by atoms with Gasteiger partial charge in [-0.05, 0) is 29.0 Å². The summed E-state index contributed by atoms with van der Waals surface area (Å²) in [4.78, 5) is 4.10. The van der Waals surface area contributed by atoms with Crippen LogP contribution in [0.4, 0.5) is 0 Å². The summed E-state index contributed by atoms with van der Waals surface area (Å²) >= 11 is 2.22. The van der Waals surface area contributed by atoms with E-state index in [1.54, 1.807) is 7.11 Å². The predicted molar refractivity (Wildman–Crippen MR) is 51.4 cm³/mol. The van der Waals surface area contributed by atoms with Gasteiger partial charge in [-0.3, -0.25) is 0 Å². The van der Waals surface area contributed by atoms with Gasteiger partial charge in [0.1, 0.15) is 0 Å². The van der Waals surface area contributed by atoms with E-state index in [0.717, 1.165) is 23.4 Å². The summed E-state index contributed by atoms with van der Waals surface area (Å²) in [6, 6.07) is 0. The van der Waals surface area contributed by atoms with Crippen LogP contribution in [0, 0.1) is 3.83 Å². The van der Waals surface area contributed by atoms with Gasteiger partial charge in [-0.1, -0.05) is 0 Å². The lowest BCUT2D eigenvalue weighted by molar-refractivity contribution is 0.190. The second-order valence-corrected chi connectivity index (χ2v) is 3.20. The zero-order chi connectivity index (χ0) is 8.10. The van der Waals surface area contributed by atoms with Gasteiger partial charge in [0, 0.05) is 32.7 Å². The van der Waals surface area contributed by atoms with Gasteiger partial charge >= 0.3 is 0 Å². The third-order valence-corrected chi connectivity index (χ3v) is 2.31. The van der Waals surface area contributed by atoms with E-state index in [2.05, 4.69) is 32.1 Å². The van der Waals surface area contributed by atoms with Crippen molar-refractivity contribution in [2.45, 2.75) is 13.0 Å². The van der Waals surface area contributed by atoms with Crippen LogP contribution in [-0.4, -0.2) is 23.3 Å². The van der Waals surface area contributed by atoms with Crippen LogP contribution in [0.2, 0.25) is 0 Å². The molecule has 3 nitrogen and oxygen atoms in total. The molecule has 0 fully saturated rings. The van der Waals surface area contributed by atoms with E-state index in [9.17, 15) is 0 Å². The number of rotatable bonds is 4. The number of imidazole rings is 1. The van der Waals surface area contributed by atoms with Crippen molar-refractivity contribution in [2.75, 3.05) is 13.7 Å². The van der Waals surface area contributed by atoms with Crippen LogP contribution in [0.5, 0.6) is 0 Å². The molecule has 0 amide bonds. The van der Waals surface area contributed by atoms with Crippen LogP contribution in [0.25, 0.3) is 0 Å². The fourth-order valence-corrected chi connectivity index (χ4v) is 1.42. The molecule has 62 valence electrons. The molecular weight excluding hydrogens is 255 g/mol. The average molecular weight is 266 g/mol. The Kier molecular flexibility index (Phi) is 3.85. The number of hydrogen-bond donors (Lipinski definition) is 0. The van der Waals surface area contributed by atoms with Crippen LogP contribution in [-0.2, 0) is 11.3 Å². The molecule has 0 spiro atoms. The second-order valence-electron chi connectivity index (χ2n) is 2.24. The van der Waals surface area contributed by atoms with E-state index in [0.29, 0.717) is 0 Å². The Hall–Kier alpha value is -0.100. The molecule has 1 rings (SSSR count). The van der Waals surface area contributed by atoms with Crippen molar-refractivity contribution in [2.24, 2.45) is 0 Å². The first-order valence-electron chi connectivity index (χ1n) is 3.50. The minimum absolute atomic E-state index is 0.814. The Morgan fingerprint density at radius 1 is 1.73 bits per heavy atom. The van der Waals surface area contributed by atoms with Crippen LogP contribution < -0.4 is 0 Å². The molecule has 0 saturated heterocycles. The maximum atomic E-state index is 4.94. The number of ether oxygens (including phenoxy) is 1. The van der Waals surface area contributed by atoms with E-state index in [-0.39, 0.29) is 0 Å². The quantitative estimate of drug-likeness (QED) is 0.610. The van der Waals surface area contributed by atoms with Gasteiger partial charge in [0.25, 0.3) is 0 Å². The normalized spacial score (nSPS) is 10.4. The Morgan fingerprint density at radius 2 is 2.55 bits per heavy atom. The third kappa shape index (κ3) is 2.78. The molecule has 0 aromatic carbocycles. The molecule has 0 unspecified atom stereocenters. The number of hydrogen-bond acceptors (Lipinski definition) is 2. The van der Waals surface area contributed by atoms with E-state index in [1.807, 2.05) is 12.4 Å². The van der Waals surface area contributed by atoms with Gasteiger partial charge in [-0.15, -0.1) is 0 Å². The molecule has 0 aliphatic carbocycles. The maximum absolute atomic E-state index is 4.94. The fourth-order valence-electron chi connectivity index (χ4n) is 0.857. The molecule has 0 N–H and O–H groups in total. The van der Waals surface area contributed by atoms with Crippen molar-refractivity contribution in [3.05, 3.63) is 16.2 Å². The maximum Gasteiger partial charge on any atom is 0.171 e. The molecule has 1 aromatic rings. The van der Waals surface area contributed by atoms with Crippen molar-refractivity contribution in [1.29, 1.82) is 0 Å². The minimum Gasteiger partial charge on any atom is -0.385 e. The zero-order valence-electron chi connectivity index (χ0n) is 6.46. The number of aromatic nitrogens is 2. The molecule has 1 heterocycles. The molecule has 0 aliphatic rings. The highest BCUT2D eigenvalue weighted by Crippen LogP contribution is 2.01. The van der Waals surface area contributed by atoms with Gasteiger partial charge < -0.3 is 9.30 Å². The van der Waals surface area contributed by atoms with Crippen LogP contribution in [0.3, 0.4) is 0 Å². The lowest BCUT2D eigenvalue weighted by Gasteiger charge is -2.01. The largest absolute Gasteiger partial charge is 0.385 e. The molecule has 0 bridgehead atoms. The molecular formula is C7H11IN2O. The topological polar surface area (TPSA) is 27.1 Å². The number of methoxy groups -OCH3 is 1. The van der Waals surface area contributed by atoms with Gasteiger partial charge in [0.05, 0.1) is 0 Å². The van der Waals surface area contributed by atoms with Crippen molar-refractivity contribution < 1.29 is 4.74 Å². The number of aryl methyl sites for hydroxylation is 1. The van der Waals surface area contributed by atoms with Gasteiger partial charge in [-0.25, -0.2) is 4.98 Å². The van der Waals surface area contributed by atoms with Crippen molar-refractivity contribution >= 4 is 22.6 Å². The minimum atomic E-state index is 0.814. The standard InChI is InChI=1S/C7H11IN2O/c1-11-6-2-4-10-5-3-9-7(10)8/h3,5H,2,4,6H2,1H3. The van der Waals surface area contributed by atoms with Gasteiger partial charge in [0.15, 0.2) is 3.83 Å². The fraction of sp³-hybridized carbons (Fsp3) is 0.571.